The predicted octanol–water partition coefficient (Wildman–Crippen LogP) is 3.85. The summed E-state index contributed by atoms with van der Waals surface area (Å²) in [5.74, 6) is 0.567. The summed E-state index contributed by atoms with van der Waals surface area (Å²) in [6.07, 6.45) is 0.351. The number of hydrogen-bond donors (Lipinski definition) is 1. The summed E-state index contributed by atoms with van der Waals surface area (Å²) < 4.78 is 5.67. The van der Waals surface area contributed by atoms with Gasteiger partial charge in [0.2, 0.25) is 5.91 Å². The average Bonchev–Trinajstić information content (AvgIpc) is 3.15. The molecule has 0 spiro atoms. The van der Waals surface area contributed by atoms with Crippen LogP contribution in [-0.4, -0.2) is 23.3 Å². The standard InChI is InChI=1S/C22H20N2O3S/c25-21(12-19-7-4-10-28-19)23-18-8-9-20-17(11-18)14-24(22(26)15-27-20)13-16-5-2-1-3-6-16/h1-11H,12-15H2,(H,23,25). The van der Waals surface area contributed by atoms with Crippen molar-refractivity contribution in [1.29, 1.82) is 0 Å². The number of nitrogens with one attached hydrogen (secondary N) is 1. The van der Waals surface area contributed by atoms with E-state index in [1.807, 2.05) is 66.0 Å². The van der Waals surface area contributed by atoms with Crippen molar-refractivity contribution in [2.45, 2.75) is 19.5 Å². The minimum absolute atomic E-state index is 0.0178. The lowest BCUT2D eigenvalue weighted by atomic mass is 10.1. The Labute approximate surface area is 167 Å². The molecule has 1 aliphatic rings. The van der Waals surface area contributed by atoms with E-state index in [1.165, 1.54) is 0 Å². The van der Waals surface area contributed by atoms with E-state index in [4.69, 9.17) is 4.74 Å². The van der Waals surface area contributed by atoms with Gasteiger partial charge >= 0.3 is 0 Å². The molecule has 142 valence electrons. The Morgan fingerprint density at radius 3 is 2.75 bits per heavy atom. The molecule has 0 fully saturated rings. The van der Waals surface area contributed by atoms with Gasteiger partial charge in [0.1, 0.15) is 5.75 Å². The van der Waals surface area contributed by atoms with Gasteiger partial charge in [-0.25, -0.2) is 0 Å². The van der Waals surface area contributed by atoms with E-state index in [0.29, 0.717) is 30.9 Å². The summed E-state index contributed by atoms with van der Waals surface area (Å²) >= 11 is 1.56. The lowest BCUT2D eigenvalue weighted by Crippen LogP contribution is -2.31. The number of amides is 2. The highest BCUT2D eigenvalue weighted by molar-refractivity contribution is 7.10. The molecular weight excluding hydrogens is 372 g/mol. The molecule has 6 heteroatoms. The van der Waals surface area contributed by atoms with E-state index >= 15 is 0 Å². The Bertz CT molecular complexity index is 971. The van der Waals surface area contributed by atoms with Crippen LogP contribution in [0.15, 0.2) is 66.0 Å². The molecule has 1 aromatic heterocycles. The van der Waals surface area contributed by atoms with Gasteiger partial charge in [-0.1, -0.05) is 36.4 Å². The Balaban J connectivity index is 1.48. The third kappa shape index (κ3) is 4.40. The zero-order valence-electron chi connectivity index (χ0n) is 15.3. The van der Waals surface area contributed by atoms with Crippen LogP contribution in [0.2, 0.25) is 0 Å². The fraction of sp³-hybridized carbons (Fsp3) is 0.182. The van der Waals surface area contributed by atoms with Crippen LogP contribution in [0.1, 0.15) is 16.0 Å². The minimum atomic E-state index is -0.0610. The smallest absolute Gasteiger partial charge is 0.261 e. The number of benzene rings is 2. The summed E-state index contributed by atoms with van der Waals surface area (Å²) in [5.41, 5.74) is 2.66. The Kier molecular flexibility index (Phi) is 5.39. The monoisotopic (exact) mass is 392 g/mol. The third-order valence-electron chi connectivity index (χ3n) is 4.54. The summed E-state index contributed by atoms with van der Waals surface area (Å²) in [5, 5.41) is 4.89. The molecule has 5 nitrogen and oxygen atoms in total. The van der Waals surface area contributed by atoms with Gasteiger partial charge in [-0.3, -0.25) is 9.59 Å². The van der Waals surface area contributed by atoms with Crippen LogP contribution in [-0.2, 0) is 29.1 Å². The molecule has 0 atom stereocenters. The fourth-order valence-electron chi connectivity index (χ4n) is 3.17. The van der Waals surface area contributed by atoms with E-state index in [2.05, 4.69) is 5.32 Å². The molecule has 3 aromatic rings. The van der Waals surface area contributed by atoms with Gasteiger partial charge in [0.25, 0.3) is 5.91 Å². The number of thiophene rings is 1. The zero-order valence-corrected chi connectivity index (χ0v) is 16.1. The largest absolute Gasteiger partial charge is 0.483 e. The second kappa shape index (κ2) is 8.27. The summed E-state index contributed by atoms with van der Waals surface area (Å²) in [7, 11) is 0. The summed E-state index contributed by atoms with van der Waals surface area (Å²) in [4.78, 5) is 27.5. The number of carbonyl (C=O) groups is 2. The lowest BCUT2D eigenvalue weighted by molar-refractivity contribution is -0.133. The molecular formula is C22H20N2O3S. The Hall–Kier alpha value is -3.12. The maximum absolute atomic E-state index is 12.5. The van der Waals surface area contributed by atoms with Crippen molar-refractivity contribution in [2.24, 2.45) is 0 Å². The second-order valence-corrected chi connectivity index (χ2v) is 7.68. The van der Waals surface area contributed by atoms with Crippen LogP contribution in [0.4, 0.5) is 5.69 Å². The van der Waals surface area contributed by atoms with Crippen molar-refractivity contribution in [3.05, 3.63) is 82.0 Å². The van der Waals surface area contributed by atoms with Crippen LogP contribution in [0.3, 0.4) is 0 Å². The maximum Gasteiger partial charge on any atom is 0.261 e. The van der Waals surface area contributed by atoms with E-state index in [9.17, 15) is 9.59 Å². The molecule has 0 saturated heterocycles. The molecule has 0 unspecified atom stereocenters. The predicted molar refractivity (Wildman–Crippen MR) is 109 cm³/mol. The van der Waals surface area contributed by atoms with Gasteiger partial charge in [0.15, 0.2) is 6.61 Å². The number of nitrogens with zero attached hydrogens (tertiary/aromatic N) is 1. The average molecular weight is 392 g/mol. The molecule has 0 saturated carbocycles. The van der Waals surface area contributed by atoms with Gasteiger partial charge in [-0.2, -0.15) is 0 Å². The molecule has 2 amide bonds. The molecule has 2 heterocycles. The molecule has 1 aliphatic heterocycles. The minimum Gasteiger partial charge on any atom is -0.483 e. The molecule has 0 bridgehead atoms. The molecule has 0 radical (unpaired) electrons. The Morgan fingerprint density at radius 1 is 1.11 bits per heavy atom. The molecule has 0 aliphatic carbocycles. The van der Waals surface area contributed by atoms with Crippen molar-refractivity contribution in [2.75, 3.05) is 11.9 Å². The Morgan fingerprint density at radius 2 is 1.96 bits per heavy atom. The van der Waals surface area contributed by atoms with Crippen molar-refractivity contribution in [1.82, 2.24) is 4.90 Å². The number of hydrogen-bond acceptors (Lipinski definition) is 4. The van der Waals surface area contributed by atoms with Gasteiger partial charge in [-0.15, -0.1) is 11.3 Å². The topological polar surface area (TPSA) is 58.6 Å². The number of rotatable bonds is 5. The van der Waals surface area contributed by atoms with Crippen molar-refractivity contribution in [3.8, 4) is 5.75 Å². The number of anilines is 1. The van der Waals surface area contributed by atoms with Crippen LogP contribution in [0, 0.1) is 0 Å². The highest BCUT2D eigenvalue weighted by atomic mass is 32.1. The second-order valence-electron chi connectivity index (χ2n) is 6.65. The van der Waals surface area contributed by atoms with E-state index in [-0.39, 0.29) is 18.4 Å². The molecule has 28 heavy (non-hydrogen) atoms. The first kappa shape index (κ1) is 18.3. The SMILES string of the molecule is O=C(Cc1cccs1)Nc1ccc2c(c1)CN(Cc1ccccc1)C(=O)CO2. The first-order valence-electron chi connectivity index (χ1n) is 9.07. The quantitative estimate of drug-likeness (QED) is 0.718. The van der Waals surface area contributed by atoms with Crippen molar-refractivity contribution < 1.29 is 14.3 Å². The molecule has 1 N–H and O–H groups in total. The maximum atomic E-state index is 12.5. The lowest BCUT2D eigenvalue weighted by Gasteiger charge is -2.20. The number of carbonyl (C=O) groups excluding carboxylic acids is 2. The highest BCUT2D eigenvalue weighted by Crippen LogP contribution is 2.27. The number of fused-ring (bicyclic) bond motifs is 1. The fourth-order valence-corrected chi connectivity index (χ4v) is 3.87. The van der Waals surface area contributed by atoms with Gasteiger partial charge in [0, 0.05) is 29.2 Å². The zero-order chi connectivity index (χ0) is 19.3. The molecule has 4 rings (SSSR count). The van der Waals surface area contributed by atoms with Gasteiger partial charge < -0.3 is 15.0 Å². The third-order valence-corrected chi connectivity index (χ3v) is 5.42. The van der Waals surface area contributed by atoms with Crippen LogP contribution < -0.4 is 10.1 Å². The van der Waals surface area contributed by atoms with E-state index in [0.717, 1.165) is 16.0 Å². The summed E-state index contributed by atoms with van der Waals surface area (Å²) in [6, 6.07) is 19.3. The van der Waals surface area contributed by atoms with Crippen molar-refractivity contribution >= 4 is 28.8 Å². The van der Waals surface area contributed by atoms with Gasteiger partial charge in [0.05, 0.1) is 6.42 Å². The van der Waals surface area contributed by atoms with Crippen molar-refractivity contribution in [3.63, 3.8) is 0 Å². The summed E-state index contributed by atoms with van der Waals surface area (Å²) in [6.45, 7) is 0.985. The first-order chi connectivity index (χ1) is 13.7. The normalized spacial score (nSPS) is 13.4. The van der Waals surface area contributed by atoms with Crippen LogP contribution >= 0.6 is 11.3 Å². The number of ether oxygens (including phenoxy) is 1. The van der Waals surface area contributed by atoms with Crippen LogP contribution in [0.5, 0.6) is 5.75 Å². The van der Waals surface area contributed by atoms with E-state index < -0.39 is 0 Å². The highest BCUT2D eigenvalue weighted by Gasteiger charge is 2.22. The first-order valence-corrected chi connectivity index (χ1v) is 9.95. The van der Waals surface area contributed by atoms with Gasteiger partial charge in [-0.05, 0) is 35.2 Å². The van der Waals surface area contributed by atoms with E-state index in [1.54, 1.807) is 16.2 Å². The van der Waals surface area contributed by atoms with Crippen LogP contribution in [0.25, 0.3) is 0 Å². The molecule has 2 aromatic carbocycles.